The van der Waals surface area contributed by atoms with Gasteiger partial charge in [0.15, 0.2) is 0 Å². The van der Waals surface area contributed by atoms with E-state index >= 15 is 0 Å². The topological polar surface area (TPSA) is 176 Å². The van der Waals surface area contributed by atoms with Gasteiger partial charge in [0.25, 0.3) is 5.91 Å². The highest BCUT2D eigenvalue weighted by atomic mass is 32.2. The van der Waals surface area contributed by atoms with Crippen molar-refractivity contribution in [3.63, 3.8) is 0 Å². The van der Waals surface area contributed by atoms with Crippen LogP contribution in [0.2, 0.25) is 0 Å². The number of nitrogens with zero attached hydrogens (tertiary/aromatic N) is 6. The van der Waals surface area contributed by atoms with Gasteiger partial charge in [-0.3, -0.25) is 14.5 Å². The third-order valence-corrected chi connectivity index (χ3v) is 6.64. The zero-order chi connectivity index (χ0) is 28.2. The average molecular weight is 566 g/mol. The molecule has 0 aromatic carbocycles. The van der Waals surface area contributed by atoms with E-state index < -0.39 is 40.8 Å². The molecule has 0 bridgehead atoms. The van der Waals surface area contributed by atoms with E-state index in [1.807, 2.05) is 0 Å². The van der Waals surface area contributed by atoms with Crippen molar-refractivity contribution in [1.82, 2.24) is 24.5 Å². The second-order valence-corrected chi connectivity index (χ2v) is 11.2. The van der Waals surface area contributed by atoms with Crippen LogP contribution in [0.4, 0.5) is 5.13 Å². The van der Waals surface area contributed by atoms with Crippen molar-refractivity contribution in [2.24, 2.45) is 10.1 Å². The molecule has 16 heteroatoms. The van der Waals surface area contributed by atoms with E-state index in [0.717, 1.165) is 11.5 Å². The van der Waals surface area contributed by atoms with E-state index in [9.17, 15) is 24.3 Å². The Kier molecular flexibility index (Phi) is 8.88. The SMILES string of the molecule is C=CC1=C(C(=O)O)N2C(=O)C[C@H]2SC1NC(=O)C(=NOCC(=O)OC(C)(C)C)c1nsc(N=CN(C)C)n1. The summed E-state index contributed by atoms with van der Waals surface area (Å²) in [7, 11) is 3.54. The second-order valence-electron chi connectivity index (χ2n) is 9.13. The molecular formula is C22H27N7O7S2. The van der Waals surface area contributed by atoms with Crippen molar-refractivity contribution in [3.8, 4) is 0 Å². The van der Waals surface area contributed by atoms with Crippen molar-refractivity contribution in [1.29, 1.82) is 0 Å². The number of carbonyl (C=O) groups excluding carboxylic acids is 3. The number of esters is 1. The number of nitrogens with one attached hydrogen (secondary N) is 1. The van der Waals surface area contributed by atoms with Crippen molar-refractivity contribution in [2.45, 2.75) is 43.5 Å². The van der Waals surface area contributed by atoms with E-state index in [-0.39, 0.29) is 40.3 Å². The number of thioether (sulfide) groups is 1. The number of carbonyl (C=O) groups is 4. The molecule has 0 spiro atoms. The predicted molar refractivity (Wildman–Crippen MR) is 140 cm³/mol. The number of oxime groups is 1. The van der Waals surface area contributed by atoms with E-state index in [2.05, 4.69) is 31.4 Å². The third kappa shape index (κ3) is 6.95. The van der Waals surface area contributed by atoms with Crippen LogP contribution in [-0.4, -0.2) is 97.1 Å². The Morgan fingerprint density at radius 3 is 2.63 bits per heavy atom. The number of aliphatic imine (C=N–C) groups is 1. The second kappa shape index (κ2) is 11.7. The number of hydrogen-bond acceptors (Lipinski definition) is 12. The van der Waals surface area contributed by atoms with Crippen LogP contribution in [0.5, 0.6) is 0 Å². The molecule has 2 N–H and O–H groups in total. The summed E-state index contributed by atoms with van der Waals surface area (Å²) >= 11 is 2.08. The van der Waals surface area contributed by atoms with Gasteiger partial charge < -0.3 is 24.9 Å². The fourth-order valence-corrected chi connectivity index (χ4v) is 5.17. The first kappa shape index (κ1) is 28.8. The number of hydrogen-bond donors (Lipinski definition) is 2. The maximum atomic E-state index is 13.3. The summed E-state index contributed by atoms with van der Waals surface area (Å²) in [6, 6.07) is 0. The monoisotopic (exact) mass is 565 g/mol. The molecule has 204 valence electrons. The van der Waals surface area contributed by atoms with Crippen LogP contribution in [0.1, 0.15) is 33.0 Å². The van der Waals surface area contributed by atoms with Gasteiger partial charge in [-0.05, 0) is 20.8 Å². The van der Waals surface area contributed by atoms with Gasteiger partial charge in [-0.1, -0.05) is 17.8 Å². The number of β-lactam (4-membered cyclic amide) rings is 1. The Morgan fingerprint density at radius 1 is 1.34 bits per heavy atom. The average Bonchev–Trinajstić information content (AvgIpc) is 3.26. The minimum atomic E-state index is -1.32. The zero-order valence-electron chi connectivity index (χ0n) is 21.3. The molecule has 2 aliphatic heterocycles. The highest BCUT2D eigenvalue weighted by molar-refractivity contribution is 8.00. The lowest BCUT2D eigenvalue weighted by Gasteiger charge is -2.46. The summed E-state index contributed by atoms with van der Waals surface area (Å²) in [5, 5.41) is 15.1. The standard InChI is InChI=1S/C22H27N7O7S2/c1-7-11-16(20(33)34)29-12(30)8-13(29)37-19(11)25-18(32)15(26-35-9-14(31)36-22(2,3)4)17-24-21(38-27-17)23-10-28(5)6/h7,10,13,19H,1,8-9H2,2-6H3,(H,25,32)(H,33,34)/t13-,19?/m1/s1. The molecule has 2 aliphatic rings. The van der Waals surface area contributed by atoms with Crippen LogP contribution in [0.15, 0.2) is 34.1 Å². The molecular weight excluding hydrogens is 538 g/mol. The molecule has 14 nitrogen and oxygen atoms in total. The van der Waals surface area contributed by atoms with Gasteiger partial charge in [-0.15, -0.1) is 11.8 Å². The number of aliphatic carboxylic acids is 1. The van der Waals surface area contributed by atoms with Crippen LogP contribution < -0.4 is 5.32 Å². The number of aromatic nitrogens is 2. The largest absolute Gasteiger partial charge is 0.477 e. The highest BCUT2D eigenvalue weighted by Crippen LogP contribution is 2.43. The molecule has 0 radical (unpaired) electrons. The maximum Gasteiger partial charge on any atom is 0.353 e. The van der Waals surface area contributed by atoms with Crippen molar-refractivity contribution in [2.75, 3.05) is 20.7 Å². The lowest BCUT2D eigenvalue weighted by molar-refractivity contribution is -0.160. The number of amides is 2. The lowest BCUT2D eigenvalue weighted by Crippen LogP contribution is -2.57. The summed E-state index contributed by atoms with van der Waals surface area (Å²) in [6.45, 7) is 8.14. The summed E-state index contributed by atoms with van der Waals surface area (Å²) in [5.74, 6) is -3.29. The number of carboxylic acid groups (broad SMARTS) is 1. The number of ether oxygens (including phenoxy) is 1. The fourth-order valence-electron chi connectivity index (χ4n) is 3.22. The van der Waals surface area contributed by atoms with Gasteiger partial charge in [-0.25, -0.2) is 14.6 Å². The Labute approximate surface area is 226 Å². The molecule has 1 fully saturated rings. The van der Waals surface area contributed by atoms with E-state index in [1.54, 1.807) is 39.8 Å². The Bertz CT molecular complexity index is 1230. The van der Waals surface area contributed by atoms with E-state index in [1.165, 1.54) is 29.1 Å². The van der Waals surface area contributed by atoms with Gasteiger partial charge in [0.1, 0.15) is 16.7 Å². The predicted octanol–water partition coefficient (Wildman–Crippen LogP) is 1.09. The normalized spacial score (nSPS) is 19.6. The molecule has 2 amide bonds. The molecule has 0 aliphatic carbocycles. The van der Waals surface area contributed by atoms with Gasteiger partial charge in [0.05, 0.1) is 18.1 Å². The van der Waals surface area contributed by atoms with Gasteiger partial charge in [0.2, 0.25) is 29.2 Å². The van der Waals surface area contributed by atoms with Crippen molar-refractivity contribution >= 4 is 64.2 Å². The maximum absolute atomic E-state index is 13.3. The molecule has 1 aromatic heterocycles. The van der Waals surface area contributed by atoms with Crippen LogP contribution in [0.3, 0.4) is 0 Å². The number of fused-ring (bicyclic) bond motifs is 1. The Balaban J connectivity index is 1.88. The number of carboxylic acids is 1. The summed E-state index contributed by atoms with van der Waals surface area (Å²) in [5.41, 5.74) is -1.23. The lowest BCUT2D eigenvalue weighted by atomic mass is 10.1. The molecule has 1 unspecified atom stereocenters. The van der Waals surface area contributed by atoms with Gasteiger partial charge in [-0.2, -0.15) is 9.36 Å². The molecule has 2 atom stereocenters. The third-order valence-electron chi connectivity index (χ3n) is 4.68. The first-order valence-electron chi connectivity index (χ1n) is 11.2. The molecule has 3 rings (SSSR count). The Morgan fingerprint density at radius 2 is 2.05 bits per heavy atom. The molecule has 1 saturated heterocycles. The quantitative estimate of drug-likeness (QED) is 0.137. The Hall–Kier alpha value is -3.79. The van der Waals surface area contributed by atoms with Crippen LogP contribution in [0.25, 0.3) is 0 Å². The molecule has 1 aromatic rings. The van der Waals surface area contributed by atoms with Gasteiger partial charge >= 0.3 is 11.9 Å². The first-order valence-corrected chi connectivity index (χ1v) is 12.9. The van der Waals surface area contributed by atoms with Crippen molar-refractivity contribution in [3.05, 3.63) is 29.7 Å². The highest BCUT2D eigenvalue weighted by Gasteiger charge is 2.48. The minimum absolute atomic E-state index is 0.119. The molecule has 38 heavy (non-hydrogen) atoms. The molecule has 0 saturated carbocycles. The zero-order valence-corrected chi connectivity index (χ0v) is 23.0. The minimum Gasteiger partial charge on any atom is -0.477 e. The number of rotatable bonds is 10. The smallest absolute Gasteiger partial charge is 0.353 e. The van der Waals surface area contributed by atoms with E-state index in [0.29, 0.717) is 0 Å². The van der Waals surface area contributed by atoms with Crippen molar-refractivity contribution < 1.29 is 33.9 Å². The van der Waals surface area contributed by atoms with Crippen LogP contribution >= 0.6 is 23.3 Å². The summed E-state index contributed by atoms with van der Waals surface area (Å²) < 4.78 is 9.29. The first-order chi connectivity index (χ1) is 17.8. The molecule has 3 heterocycles. The van der Waals surface area contributed by atoms with Gasteiger partial charge in [0, 0.05) is 31.2 Å². The summed E-state index contributed by atoms with van der Waals surface area (Å²) in [6.07, 6.45) is 2.90. The fraction of sp³-hybridized carbons (Fsp3) is 0.455. The summed E-state index contributed by atoms with van der Waals surface area (Å²) in [4.78, 5) is 65.6. The van der Waals surface area contributed by atoms with E-state index in [4.69, 9.17) is 9.57 Å². The van der Waals surface area contributed by atoms with Crippen LogP contribution in [0, 0.1) is 0 Å². The van der Waals surface area contributed by atoms with Crippen LogP contribution in [-0.2, 0) is 28.8 Å².